The summed E-state index contributed by atoms with van der Waals surface area (Å²) in [5.74, 6) is 0. The number of rotatable bonds is 4. The van der Waals surface area contributed by atoms with Crippen molar-refractivity contribution in [2.24, 2.45) is 7.05 Å². The van der Waals surface area contributed by atoms with Gasteiger partial charge in [-0.1, -0.05) is 0 Å². The van der Waals surface area contributed by atoms with E-state index in [1.807, 2.05) is 13.1 Å². The quantitative estimate of drug-likeness (QED) is 0.685. The lowest BCUT2D eigenvalue weighted by Crippen LogP contribution is -2.02. The fourth-order valence-corrected chi connectivity index (χ4v) is 2.28. The average molecular weight is 273 g/mol. The second kappa shape index (κ2) is 5.36. The first kappa shape index (κ1) is 14.1. The van der Waals surface area contributed by atoms with Gasteiger partial charge in [0.1, 0.15) is 0 Å². The van der Waals surface area contributed by atoms with Crippen molar-refractivity contribution in [2.75, 3.05) is 5.32 Å². The van der Waals surface area contributed by atoms with Crippen LogP contribution in [0.5, 0.6) is 0 Å². The Kier molecular flexibility index (Phi) is 3.79. The van der Waals surface area contributed by atoms with E-state index in [1.54, 1.807) is 19.1 Å². The molecule has 0 saturated heterocycles. The molecule has 0 unspecified atom stereocenters. The van der Waals surface area contributed by atoms with Crippen molar-refractivity contribution in [2.45, 2.75) is 27.3 Å². The van der Waals surface area contributed by atoms with Crippen LogP contribution in [-0.4, -0.2) is 9.49 Å². The van der Waals surface area contributed by atoms with E-state index in [1.165, 1.54) is 17.0 Å². The molecule has 5 nitrogen and oxygen atoms in total. The number of nitro benzene ring substituents is 1. The van der Waals surface area contributed by atoms with Gasteiger partial charge < -0.3 is 9.88 Å². The summed E-state index contributed by atoms with van der Waals surface area (Å²) in [5, 5.41) is 14.1. The minimum Gasteiger partial charge on any atom is -0.381 e. The normalized spacial score (nSPS) is 10.6. The highest BCUT2D eigenvalue weighted by Gasteiger charge is 2.10. The van der Waals surface area contributed by atoms with Crippen molar-refractivity contribution in [3.05, 3.63) is 56.9 Å². The maximum Gasteiger partial charge on any atom is 0.272 e. The van der Waals surface area contributed by atoms with Crippen LogP contribution in [0.4, 0.5) is 11.4 Å². The maximum absolute atomic E-state index is 10.8. The van der Waals surface area contributed by atoms with Gasteiger partial charge in [0.15, 0.2) is 0 Å². The number of hydrogen-bond acceptors (Lipinski definition) is 3. The summed E-state index contributed by atoms with van der Waals surface area (Å²) in [6.07, 6.45) is 0. The molecule has 0 saturated carbocycles. The highest BCUT2D eigenvalue weighted by atomic mass is 16.6. The molecule has 2 rings (SSSR count). The number of nitrogens with zero attached hydrogens (tertiary/aromatic N) is 2. The van der Waals surface area contributed by atoms with E-state index in [2.05, 4.69) is 29.8 Å². The Labute approximate surface area is 118 Å². The van der Waals surface area contributed by atoms with Crippen LogP contribution in [0.15, 0.2) is 24.3 Å². The number of nitro groups is 1. The third-order valence-corrected chi connectivity index (χ3v) is 3.76. The predicted molar refractivity (Wildman–Crippen MR) is 80.0 cm³/mol. The molecule has 1 aromatic carbocycles. The number of anilines is 1. The SMILES string of the molecule is Cc1cc(NCc2cc(C)n(C)c2C)ccc1[N+](=O)[O-]. The molecule has 2 aromatic rings. The summed E-state index contributed by atoms with van der Waals surface area (Å²) >= 11 is 0. The van der Waals surface area contributed by atoms with E-state index in [0.717, 1.165) is 5.69 Å². The van der Waals surface area contributed by atoms with Gasteiger partial charge in [0, 0.05) is 42.3 Å². The fourth-order valence-electron chi connectivity index (χ4n) is 2.28. The number of nitrogens with one attached hydrogen (secondary N) is 1. The molecular formula is C15H19N3O2. The summed E-state index contributed by atoms with van der Waals surface area (Å²) in [6.45, 7) is 6.63. The van der Waals surface area contributed by atoms with Crippen molar-refractivity contribution in [3.63, 3.8) is 0 Å². The third-order valence-electron chi connectivity index (χ3n) is 3.76. The molecular weight excluding hydrogens is 254 g/mol. The Morgan fingerprint density at radius 3 is 2.45 bits per heavy atom. The maximum atomic E-state index is 10.8. The molecule has 0 bridgehead atoms. The summed E-state index contributed by atoms with van der Waals surface area (Å²) in [5.41, 5.74) is 5.41. The Morgan fingerprint density at radius 2 is 1.95 bits per heavy atom. The van der Waals surface area contributed by atoms with Gasteiger partial charge >= 0.3 is 0 Å². The first-order valence-corrected chi connectivity index (χ1v) is 6.51. The van der Waals surface area contributed by atoms with Crippen LogP contribution in [0.2, 0.25) is 0 Å². The lowest BCUT2D eigenvalue weighted by molar-refractivity contribution is -0.385. The van der Waals surface area contributed by atoms with E-state index in [-0.39, 0.29) is 10.6 Å². The van der Waals surface area contributed by atoms with Crippen molar-refractivity contribution >= 4 is 11.4 Å². The molecule has 0 radical (unpaired) electrons. The van der Waals surface area contributed by atoms with Crippen molar-refractivity contribution in [1.82, 2.24) is 4.57 Å². The Morgan fingerprint density at radius 1 is 1.25 bits per heavy atom. The second-order valence-electron chi connectivity index (χ2n) is 5.07. The van der Waals surface area contributed by atoms with Gasteiger partial charge in [-0.25, -0.2) is 0 Å². The summed E-state index contributed by atoms with van der Waals surface area (Å²) < 4.78 is 2.15. The number of aryl methyl sites for hydroxylation is 2. The van der Waals surface area contributed by atoms with E-state index < -0.39 is 0 Å². The minimum absolute atomic E-state index is 0.155. The van der Waals surface area contributed by atoms with Crippen LogP contribution in [0.3, 0.4) is 0 Å². The Hall–Kier alpha value is -2.30. The zero-order valence-corrected chi connectivity index (χ0v) is 12.2. The van der Waals surface area contributed by atoms with Crippen LogP contribution in [0.25, 0.3) is 0 Å². The Balaban J connectivity index is 2.13. The second-order valence-corrected chi connectivity index (χ2v) is 5.07. The van der Waals surface area contributed by atoms with Gasteiger partial charge in [0.25, 0.3) is 5.69 Å². The molecule has 20 heavy (non-hydrogen) atoms. The summed E-state index contributed by atoms with van der Waals surface area (Å²) in [7, 11) is 2.05. The van der Waals surface area contributed by atoms with Gasteiger partial charge in [0.2, 0.25) is 0 Å². The van der Waals surface area contributed by atoms with Crippen LogP contribution >= 0.6 is 0 Å². The van der Waals surface area contributed by atoms with Crippen LogP contribution in [-0.2, 0) is 13.6 Å². The minimum atomic E-state index is -0.357. The third kappa shape index (κ3) is 2.66. The van der Waals surface area contributed by atoms with Gasteiger partial charge in [-0.3, -0.25) is 10.1 Å². The van der Waals surface area contributed by atoms with Gasteiger partial charge in [-0.2, -0.15) is 0 Å². The van der Waals surface area contributed by atoms with Crippen molar-refractivity contribution in [3.8, 4) is 0 Å². The highest BCUT2D eigenvalue weighted by molar-refractivity contribution is 5.53. The van der Waals surface area contributed by atoms with Crippen molar-refractivity contribution in [1.29, 1.82) is 0 Å². The topological polar surface area (TPSA) is 60.1 Å². The van der Waals surface area contributed by atoms with E-state index in [0.29, 0.717) is 12.1 Å². The molecule has 106 valence electrons. The zero-order valence-electron chi connectivity index (χ0n) is 12.2. The van der Waals surface area contributed by atoms with Gasteiger partial charge in [-0.15, -0.1) is 0 Å². The first-order chi connectivity index (χ1) is 9.40. The zero-order chi connectivity index (χ0) is 14.9. The molecule has 0 aliphatic rings. The standard InChI is InChI=1S/C15H19N3O2/c1-10-7-14(5-6-15(10)18(19)20)16-9-13-8-11(2)17(4)12(13)3/h5-8,16H,9H2,1-4H3. The van der Waals surface area contributed by atoms with Gasteiger partial charge in [0.05, 0.1) is 4.92 Å². The fraction of sp³-hybridized carbons (Fsp3) is 0.333. The van der Waals surface area contributed by atoms with Gasteiger partial charge in [-0.05, 0) is 44.5 Å². The highest BCUT2D eigenvalue weighted by Crippen LogP contribution is 2.22. The number of benzene rings is 1. The van der Waals surface area contributed by atoms with Crippen LogP contribution in [0.1, 0.15) is 22.5 Å². The largest absolute Gasteiger partial charge is 0.381 e. The molecule has 5 heteroatoms. The lowest BCUT2D eigenvalue weighted by Gasteiger charge is -2.08. The van der Waals surface area contributed by atoms with E-state index >= 15 is 0 Å². The Bertz CT molecular complexity index is 659. The number of aromatic nitrogens is 1. The smallest absolute Gasteiger partial charge is 0.272 e. The van der Waals surface area contributed by atoms with E-state index in [4.69, 9.17) is 0 Å². The molecule has 0 aliphatic carbocycles. The van der Waals surface area contributed by atoms with Crippen LogP contribution in [0, 0.1) is 30.9 Å². The van der Waals surface area contributed by atoms with Crippen molar-refractivity contribution < 1.29 is 4.92 Å². The number of hydrogen-bond donors (Lipinski definition) is 1. The molecule has 0 fully saturated rings. The molecule has 1 heterocycles. The lowest BCUT2D eigenvalue weighted by atomic mass is 10.1. The van der Waals surface area contributed by atoms with Crippen LogP contribution < -0.4 is 5.32 Å². The predicted octanol–water partition coefficient (Wildman–Crippen LogP) is 3.47. The first-order valence-electron chi connectivity index (χ1n) is 6.51. The summed E-state index contributed by atoms with van der Waals surface area (Å²) in [4.78, 5) is 10.4. The molecule has 0 spiro atoms. The summed E-state index contributed by atoms with van der Waals surface area (Å²) in [6, 6.07) is 7.25. The monoisotopic (exact) mass is 273 g/mol. The molecule has 0 aliphatic heterocycles. The molecule has 0 amide bonds. The molecule has 1 aromatic heterocycles. The molecule has 0 atom stereocenters. The van der Waals surface area contributed by atoms with E-state index in [9.17, 15) is 10.1 Å². The molecule has 1 N–H and O–H groups in total. The average Bonchev–Trinajstić information content (AvgIpc) is 2.63.